The molecule has 1 aliphatic carbocycles. The lowest BCUT2D eigenvalue weighted by Crippen LogP contribution is -2.30. The van der Waals surface area contributed by atoms with Crippen molar-refractivity contribution < 1.29 is 19.1 Å². The Bertz CT molecular complexity index is 286. The molecular weight excluding hydrogens is 256 g/mol. The zero-order chi connectivity index (χ0) is 15.1. The molecule has 0 saturated heterocycles. The van der Waals surface area contributed by atoms with E-state index in [1.165, 1.54) is 0 Å². The van der Waals surface area contributed by atoms with Crippen molar-refractivity contribution in [1.82, 2.24) is 0 Å². The van der Waals surface area contributed by atoms with Crippen LogP contribution in [0.4, 0.5) is 0 Å². The van der Waals surface area contributed by atoms with E-state index < -0.39 is 0 Å². The first-order valence-electron chi connectivity index (χ1n) is 7.88. The quantitative estimate of drug-likeness (QED) is 0.701. The van der Waals surface area contributed by atoms with Crippen molar-refractivity contribution in [2.75, 3.05) is 0 Å². The van der Waals surface area contributed by atoms with Crippen molar-refractivity contribution in [3.05, 3.63) is 0 Å². The van der Waals surface area contributed by atoms with Gasteiger partial charge in [-0.05, 0) is 52.4 Å². The molecule has 1 aliphatic rings. The molecule has 1 fully saturated rings. The first-order chi connectivity index (χ1) is 9.47. The maximum atomic E-state index is 11.9. The molecule has 0 aromatic carbocycles. The fourth-order valence-electron chi connectivity index (χ4n) is 2.32. The van der Waals surface area contributed by atoms with Crippen LogP contribution in [0.2, 0.25) is 0 Å². The van der Waals surface area contributed by atoms with Crippen molar-refractivity contribution in [2.24, 2.45) is 11.8 Å². The summed E-state index contributed by atoms with van der Waals surface area (Å²) in [6.45, 7) is 7.82. The van der Waals surface area contributed by atoms with Crippen LogP contribution in [0.5, 0.6) is 0 Å². The number of carbonyl (C=O) groups is 2. The second kappa shape index (κ2) is 8.28. The Labute approximate surface area is 122 Å². The van der Waals surface area contributed by atoms with Gasteiger partial charge in [0, 0.05) is 0 Å². The van der Waals surface area contributed by atoms with Crippen molar-refractivity contribution >= 4 is 11.9 Å². The van der Waals surface area contributed by atoms with Gasteiger partial charge < -0.3 is 9.47 Å². The summed E-state index contributed by atoms with van der Waals surface area (Å²) in [5.74, 6) is -0.297. The van der Waals surface area contributed by atoms with E-state index in [-0.39, 0.29) is 36.0 Å². The van der Waals surface area contributed by atoms with Crippen LogP contribution in [-0.2, 0) is 19.1 Å². The fourth-order valence-corrected chi connectivity index (χ4v) is 2.32. The van der Waals surface area contributed by atoms with Gasteiger partial charge in [-0.15, -0.1) is 0 Å². The highest BCUT2D eigenvalue weighted by molar-refractivity contribution is 5.75. The summed E-state index contributed by atoms with van der Waals surface area (Å²) in [7, 11) is 0. The average molecular weight is 284 g/mol. The fraction of sp³-hybridized carbons (Fsp3) is 0.875. The minimum absolute atomic E-state index is 0.0180. The van der Waals surface area contributed by atoms with E-state index in [0.29, 0.717) is 0 Å². The molecule has 0 aliphatic heterocycles. The van der Waals surface area contributed by atoms with Gasteiger partial charge in [-0.3, -0.25) is 9.59 Å². The minimum atomic E-state index is -0.104. The van der Waals surface area contributed by atoms with Gasteiger partial charge in [-0.2, -0.15) is 0 Å². The highest BCUT2D eigenvalue weighted by atomic mass is 16.5. The van der Waals surface area contributed by atoms with Crippen molar-refractivity contribution in [2.45, 2.75) is 78.4 Å². The number of carbonyl (C=O) groups excluding carboxylic acids is 2. The molecule has 0 radical (unpaired) electrons. The third kappa shape index (κ3) is 5.14. The van der Waals surface area contributed by atoms with Crippen molar-refractivity contribution in [3.8, 4) is 0 Å². The van der Waals surface area contributed by atoms with E-state index in [0.717, 1.165) is 38.5 Å². The average Bonchev–Trinajstić information content (AvgIpc) is 2.46. The van der Waals surface area contributed by atoms with Crippen LogP contribution in [-0.4, -0.2) is 24.1 Å². The van der Waals surface area contributed by atoms with E-state index in [1.54, 1.807) is 0 Å². The summed E-state index contributed by atoms with van der Waals surface area (Å²) < 4.78 is 10.7. The highest BCUT2D eigenvalue weighted by Crippen LogP contribution is 2.31. The molecule has 1 saturated carbocycles. The van der Waals surface area contributed by atoms with E-state index in [2.05, 4.69) is 0 Å². The standard InChI is InChI=1S/C16H28O4/c1-5-11(3)19-15(17)13-7-9-14(10-8-13)16(18)20-12(4)6-2/h11-14H,5-10H2,1-4H3. The summed E-state index contributed by atoms with van der Waals surface area (Å²) in [6, 6.07) is 0. The van der Waals surface area contributed by atoms with Gasteiger partial charge in [0.25, 0.3) is 0 Å². The summed E-state index contributed by atoms with van der Waals surface area (Å²) in [6.07, 6.45) is 4.56. The van der Waals surface area contributed by atoms with Crippen LogP contribution in [0.15, 0.2) is 0 Å². The molecule has 2 unspecified atom stereocenters. The van der Waals surface area contributed by atoms with Crippen molar-refractivity contribution in [3.63, 3.8) is 0 Å². The molecule has 4 heteroatoms. The van der Waals surface area contributed by atoms with Crippen LogP contribution >= 0.6 is 0 Å². The van der Waals surface area contributed by atoms with Crippen molar-refractivity contribution in [1.29, 1.82) is 0 Å². The van der Waals surface area contributed by atoms with E-state index >= 15 is 0 Å². The lowest BCUT2D eigenvalue weighted by Gasteiger charge is -2.27. The second-order valence-corrected chi connectivity index (χ2v) is 5.86. The molecule has 4 nitrogen and oxygen atoms in total. The molecule has 1 rings (SSSR count). The Hall–Kier alpha value is -1.06. The van der Waals surface area contributed by atoms with Gasteiger partial charge in [0.1, 0.15) is 0 Å². The summed E-state index contributed by atoms with van der Waals surface area (Å²) in [5.41, 5.74) is 0. The molecule has 0 spiro atoms. The summed E-state index contributed by atoms with van der Waals surface area (Å²) in [5, 5.41) is 0. The molecule has 0 bridgehead atoms. The highest BCUT2D eigenvalue weighted by Gasteiger charge is 2.32. The number of esters is 2. The predicted molar refractivity (Wildman–Crippen MR) is 77.1 cm³/mol. The molecule has 0 aromatic heterocycles. The zero-order valence-corrected chi connectivity index (χ0v) is 13.2. The predicted octanol–water partition coefficient (Wildman–Crippen LogP) is 3.48. The summed E-state index contributed by atoms with van der Waals surface area (Å²) >= 11 is 0. The molecule has 0 aromatic rings. The second-order valence-electron chi connectivity index (χ2n) is 5.86. The molecule has 2 atom stereocenters. The van der Waals surface area contributed by atoms with Gasteiger partial charge in [-0.25, -0.2) is 0 Å². The lowest BCUT2D eigenvalue weighted by atomic mass is 9.82. The molecule has 0 amide bonds. The Morgan fingerprint density at radius 3 is 1.40 bits per heavy atom. The van der Waals surface area contributed by atoms with E-state index in [4.69, 9.17) is 9.47 Å². The minimum Gasteiger partial charge on any atom is -0.462 e. The Balaban J connectivity index is 2.36. The lowest BCUT2D eigenvalue weighted by molar-refractivity contribution is -0.160. The number of hydrogen-bond donors (Lipinski definition) is 0. The van der Waals surface area contributed by atoms with Crippen LogP contribution in [0.3, 0.4) is 0 Å². The Kier molecular flexibility index (Phi) is 7.03. The van der Waals surface area contributed by atoms with Crippen LogP contribution in [0, 0.1) is 11.8 Å². The first-order valence-corrected chi connectivity index (χ1v) is 7.88. The van der Waals surface area contributed by atoms with Crippen LogP contribution in [0.1, 0.15) is 66.2 Å². The van der Waals surface area contributed by atoms with Crippen LogP contribution < -0.4 is 0 Å². The van der Waals surface area contributed by atoms with Gasteiger partial charge >= 0.3 is 11.9 Å². The smallest absolute Gasteiger partial charge is 0.309 e. The van der Waals surface area contributed by atoms with Gasteiger partial charge in [-0.1, -0.05) is 13.8 Å². The molecule has 0 heterocycles. The molecule has 20 heavy (non-hydrogen) atoms. The summed E-state index contributed by atoms with van der Waals surface area (Å²) in [4.78, 5) is 23.9. The molecule has 0 N–H and O–H groups in total. The maximum absolute atomic E-state index is 11.9. The third-order valence-electron chi connectivity index (χ3n) is 4.18. The van der Waals surface area contributed by atoms with Gasteiger partial charge in [0.2, 0.25) is 0 Å². The Morgan fingerprint density at radius 1 is 0.850 bits per heavy atom. The zero-order valence-electron chi connectivity index (χ0n) is 13.2. The normalized spacial score (nSPS) is 25.6. The van der Waals surface area contributed by atoms with Gasteiger partial charge in [0.05, 0.1) is 24.0 Å². The largest absolute Gasteiger partial charge is 0.462 e. The maximum Gasteiger partial charge on any atom is 0.309 e. The number of rotatable bonds is 6. The number of ether oxygens (including phenoxy) is 2. The van der Waals surface area contributed by atoms with E-state index in [1.807, 2.05) is 27.7 Å². The topological polar surface area (TPSA) is 52.6 Å². The third-order valence-corrected chi connectivity index (χ3v) is 4.18. The van der Waals surface area contributed by atoms with Crippen LogP contribution in [0.25, 0.3) is 0 Å². The molecular formula is C16H28O4. The van der Waals surface area contributed by atoms with Gasteiger partial charge in [0.15, 0.2) is 0 Å². The molecule has 116 valence electrons. The first kappa shape index (κ1) is 17.0. The monoisotopic (exact) mass is 284 g/mol. The number of hydrogen-bond acceptors (Lipinski definition) is 4. The SMILES string of the molecule is CCC(C)OC(=O)C1CCC(C(=O)OC(C)CC)CC1. The van der Waals surface area contributed by atoms with E-state index in [9.17, 15) is 9.59 Å². The Morgan fingerprint density at radius 2 is 1.15 bits per heavy atom.